The van der Waals surface area contributed by atoms with E-state index in [1.54, 1.807) is 0 Å². The van der Waals surface area contributed by atoms with Crippen molar-refractivity contribution in [3.63, 3.8) is 0 Å². The highest BCUT2D eigenvalue weighted by Gasteiger charge is 2.23. The number of hydrogen-bond donors (Lipinski definition) is 3. The highest BCUT2D eigenvalue weighted by atomic mass is 19.1. The van der Waals surface area contributed by atoms with Crippen molar-refractivity contribution < 1.29 is 19.0 Å². The van der Waals surface area contributed by atoms with Crippen LogP contribution in [-0.4, -0.2) is 29.8 Å². The number of nitrogen functional groups attached to an aromatic ring is 1. The molecule has 1 fully saturated rings. The van der Waals surface area contributed by atoms with Crippen LogP contribution in [0.5, 0.6) is 0 Å². The average Bonchev–Trinajstić information content (AvgIpc) is 2.33. The Labute approximate surface area is 110 Å². The minimum Gasteiger partial charge on any atom is -0.478 e. The van der Waals surface area contributed by atoms with E-state index < -0.39 is 11.8 Å². The summed E-state index contributed by atoms with van der Waals surface area (Å²) in [4.78, 5) is 11.2. The first kappa shape index (κ1) is 13.6. The Morgan fingerprint density at radius 2 is 2.32 bits per heavy atom. The molecule has 4 N–H and O–H groups in total. The predicted molar refractivity (Wildman–Crippen MR) is 69.8 cm³/mol. The zero-order chi connectivity index (χ0) is 14.0. The molecule has 0 aromatic heterocycles. The van der Waals surface area contributed by atoms with Gasteiger partial charge in [0.05, 0.1) is 17.5 Å². The molecule has 104 valence electrons. The van der Waals surface area contributed by atoms with Gasteiger partial charge in [-0.1, -0.05) is 0 Å². The van der Waals surface area contributed by atoms with Gasteiger partial charge in [-0.2, -0.15) is 0 Å². The SMILES string of the molecule is CC1CC(Nc2ccc(F)c(N)c2C(=O)O)CCO1. The third-order valence-electron chi connectivity index (χ3n) is 3.25. The Bertz CT molecular complexity index is 493. The topological polar surface area (TPSA) is 84.6 Å². The van der Waals surface area contributed by atoms with E-state index in [4.69, 9.17) is 15.6 Å². The van der Waals surface area contributed by atoms with Crippen LogP contribution in [0.3, 0.4) is 0 Å². The predicted octanol–water partition coefficient (Wildman–Crippen LogP) is 2.09. The molecule has 1 saturated heterocycles. The molecule has 0 spiro atoms. The van der Waals surface area contributed by atoms with E-state index in [-0.39, 0.29) is 23.4 Å². The Morgan fingerprint density at radius 3 is 2.95 bits per heavy atom. The molecule has 0 saturated carbocycles. The van der Waals surface area contributed by atoms with Crippen molar-refractivity contribution in [1.29, 1.82) is 0 Å². The summed E-state index contributed by atoms with van der Waals surface area (Å²) in [6.45, 7) is 2.59. The monoisotopic (exact) mass is 268 g/mol. The summed E-state index contributed by atoms with van der Waals surface area (Å²) in [6.07, 6.45) is 1.68. The minimum absolute atomic E-state index is 0.103. The van der Waals surface area contributed by atoms with Gasteiger partial charge < -0.3 is 20.9 Å². The lowest BCUT2D eigenvalue weighted by molar-refractivity contribution is 0.0232. The molecule has 5 nitrogen and oxygen atoms in total. The van der Waals surface area contributed by atoms with Crippen molar-refractivity contribution in [2.75, 3.05) is 17.7 Å². The number of hydrogen-bond acceptors (Lipinski definition) is 4. The second-order valence-corrected chi connectivity index (χ2v) is 4.74. The maximum absolute atomic E-state index is 13.3. The third kappa shape index (κ3) is 2.96. The summed E-state index contributed by atoms with van der Waals surface area (Å²) in [7, 11) is 0. The molecule has 2 rings (SSSR count). The number of nitrogens with one attached hydrogen (secondary N) is 1. The van der Waals surface area contributed by atoms with E-state index in [2.05, 4.69) is 5.32 Å². The van der Waals surface area contributed by atoms with E-state index in [9.17, 15) is 9.18 Å². The van der Waals surface area contributed by atoms with Gasteiger partial charge in [0.1, 0.15) is 11.4 Å². The van der Waals surface area contributed by atoms with Gasteiger partial charge in [0.2, 0.25) is 0 Å². The molecule has 6 heteroatoms. The number of aromatic carboxylic acids is 1. The van der Waals surface area contributed by atoms with Crippen LogP contribution in [-0.2, 0) is 4.74 Å². The van der Waals surface area contributed by atoms with Crippen molar-refractivity contribution in [2.24, 2.45) is 0 Å². The Kier molecular flexibility index (Phi) is 3.90. The summed E-state index contributed by atoms with van der Waals surface area (Å²) in [5, 5.41) is 12.3. The van der Waals surface area contributed by atoms with E-state index in [0.29, 0.717) is 12.3 Å². The summed E-state index contributed by atoms with van der Waals surface area (Å²) in [5.41, 5.74) is 5.30. The molecule has 0 amide bonds. The zero-order valence-corrected chi connectivity index (χ0v) is 10.6. The fraction of sp³-hybridized carbons (Fsp3) is 0.462. The van der Waals surface area contributed by atoms with Crippen LogP contribution in [0.1, 0.15) is 30.1 Å². The molecule has 1 heterocycles. The van der Waals surface area contributed by atoms with Crippen molar-refractivity contribution in [3.05, 3.63) is 23.5 Å². The average molecular weight is 268 g/mol. The molecule has 1 aromatic carbocycles. The van der Waals surface area contributed by atoms with Gasteiger partial charge in [0.25, 0.3) is 0 Å². The van der Waals surface area contributed by atoms with Crippen LogP contribution in [0.15, 0.2) is 12.1 Å². The maximum atomic E-state index is 13.3. The number of carbonyl (C=O) groups is 1. The molecule has 0 radical (unpaired) electrons. The van der Waals surface area contributed by atoms with Gasteiger partial charge in [0.15, 0.2) is 0 Å². The molecule has 2 atom stereocenters. The largest absolute Gasteiger partial charge is 0.478 e. The number of carboxylic acids is 1. The van der Waals surface area contributed by atoms with Crippen molar-refractivity contribution in [1.82, 2.24) is 0 Å². The smallest absolute Gasteiger partial charge is 0.340 e. The summed E-state index contributed by atoms with van der Waals surface area (Å²) in [6, 6.07) is 2.69. The highest BCUT2D eigenvalue weighted by molar-refractivity contribution is 6.00. The number of ether oxygens (including phenoxy) is 1. The standard InChI is InChI=1S/C13H17FN2O3/c1-7-6-8(4-5-19-7)16-10-3-2-9(14)12(15)11(10)13(17)18/h2-3,7-8,16H,4-6,15H2,1H3,(H,17,18). The van der Waals surface area contributed by atoms with Crippen LogP contribution in [0, 0.1) is 5.82 Å². The Morgan fingerprint density at radius 1 is 1.58 bits per heavy atom. The Balaban J connectivity index is 2.24. The summed E-state index contributed by atoms with van der Waals surface area (Å²) in [5.74, 6) is -1.96. The summed E-state index contributed by atoms with van der Waals surface area (Å²) < 4.78 is 18.7. The lowest BCUT2D eigenvalue weighted by Crippen LogP contribution is -2.33. The molecule has 19 heavy (non-hydrogen) atoms. The van der Waals surface area contributed by atoms with Crippen LogP contribution in [0.2, 0.25) is 0 Å². The molecule has 1 aliphatic rings. The molecular formula is C13H17FN2O3. The quantitative estimate of drug-likeness (QED) is 0.731. The van der Waals surface area contributed by atoms with Gasteiger partial charge >= 0.3 is 5.97 Å². The molecule has 0 bridgehead atoms. The highest BCUT2D eigenvalue weighted by Crippen LogP contribution is 2.27. The van der Waals surface area contributed by atoms with Crippen molar-refractivity contribution in [2.45, 2.75) is 31.9 Å². The van der Waals surface area contributed by atoms with Crippen molar-refractivity contribution >= 4 is 17.3 Å². The van der Waals surface area contributed by atoms with E-state index in [1.807, 2.05) is 6.92 Å². The normalized spacial score (nSPS) is 23.1. The van der Waals surface area contributed by atoms with Crippen LogP contribution in [0.4, 0.5) is 15.8 Å². The maximum Gasteiger partial charge on any atom is 0.340 e. The first-order valence-corrected chi connectivity index (χ1v) is 6.18. The second-order valence-electron chi connectivity index (χ2n) is 4.74. The van der Waals surface area contributed by atoms with Gasteiger partial charge in [-0.05, 0) is 31.9 Å². The number of nitrogens with two attached hydrogens (primary N) is 1. The van der Waals surface area contributed by atoms with E-state index in [1.165, 1.54) is 12.1 Å². The van der Waals surface area contributed by atoms with Gasteiger partial charge in [0, 0.05) is 12.6 Å². The fourth-order valence-corrected chi connectivity index (χ4v) is 2.29. The lowest BCUT2D eigenvalue weighted by Gasteiger charge is -2.29. The number of anilines is 2. The third-order valence-corrected chi connectivity index (χ3v) is 3.25. The number of benzene rings is 1. The second kappa shape index (κ2) is 5.44. The molecule has 1 aromatic rings. The van der Waals surface area contributed by atoms with Gasteiger partial charge in [-0.15, -0.1) is 0 Å². The first-order valence-electron chi connectivity index (χ1n) is 6.18. The van der Waals surface area contributed by atoms with Crippen molar-refractivity contribution in [3.8, 4) is 0 Å². The van der Waals surface area contributed by atoms with Crippen LogP contribution < -0.4 is 11.1 Å². The zero-order valence-electron chi connectivity index (χ0n) is 10.6. The molecule has 0 aliphatic carbocycles. The fourth-order valence-electron chi connectivity index (χ4n) is 2.29. The van der Waals surface area contributed by atoms with E-state index in [0.717, 1.165) is 12.8 Å². The lowest BCUT2D eigenvalue weighted by atomic mass is 10.0. The number of halogens is 1. The van der Waals surface area contributed by atoms with Gasteiger partial charge in [-0.25, -0.2) is 9.18 Å². The summed E-state index contributed by atoms with van der Waals surface area (Å²) >= 11 is 0. The Hall–Kier alpha value is -1.82. The number of carboxylic acid groups (broad SMARTS) is 1. The van der Waals surface area contributed by atoms with E-state index >= 15 is 0 Å². The first-order chi connectivity index (χ1) is 8.99. The van der Waals surface area contributed by atoms with Crippen LogP contribution in [0.25, 0.3) is 0 Å². The molecular weight excluding hydrogens is 251 g/mol. The number of rotatable bonds is 3. The molecule has 2 unspecified atom stereocenters. The minimum atomic E-state index is -1.24. The molecule has 1 aliphatic heterocycles. The van der Waals surface area contributed by atoms with Gasteiger partial charge in [-0.3, -0.25) is 0 Å². The van der Waals surface area contributed by atoms with Crippen LogP contribution >= 0.6 is 0 Å².